The van der Waals surface area contributed by atoms with E-state index in [-0.39, 0.29) is 11.8 Å². The zero-order valence-electron chi connectivity index (χ0n) is 12.8. The van der Waals surface area contributed by atoms with Gasteiger partial charge in [0.05, 0.1) is 5.92 Å². The van der Waals surface area contributed by atoms with Gasteiger partial charge in [0.2, 0.25) is 5.91 Å². The number of nitrogens with zero attached hydrogens (tertiary/aromatic N) is 1. The SMILES string of the molecule is CCc1ccc(N(C)C(=O)C(C)c2cccc(N)c2)cc1. The molecule has 0 bridgehead atoms. The number of anilines is 2. The number of rotatable bonds is 4. The van der Waals surface area contributed by atoms with Crippen LogP contribution < -0.4 is 10.6 Å². The number of aryl methyl sites for hydroxylation is 1. The van der Waals surface area contributed by atoms with E-state index in [1.165, 1.54) is 5.56 Å². The van der Waals surface area contributed by atoms with Crippen LogP contribution in [0.25, 0.3) is 0 Å². The van der Waals surface area contributed by atoms with Crippen molar-refractivity contribution in [2.75, 3.05) is 17.7 Å². The molecule has 1 amide bonds. The molecule has 2 aromatic carbocycles. The van der Waals surface area contributed by atoms with Gasteiger partial charge in [0.15, 0.2) is 0 Å². The van der Waals surface area contributed by atoms with Gasteiger partial charge in [0.1, 0.15) is 0 Å². The van der Waals surface area contributed by atoms with Crippen LogP contribution in [0.2, 0.25) is 0 Å². The number of nitrogen functional groups attached to an aromatic ring is 1. The molecule has 0 aliphatic rings. The summed E-state index contributed by atoms with van der Waals surface area (Å²) in [6.07, 6.45) is 0.998. The lowest BCUT2D eigenvalue weighted by Crippen LogP contribution is -2.30. The molecule has 0 saturated heterocycles. The molecule has 0 aliphatic heterocycles. The number of likely N-dealkylation sites (N-methyl/N-ethyl adjacent to an activating group) is 1. The van der Waals surface area contributed by atoms with Crippen LogP contribution in [0, 0.1) is 0 Å². The first-order valence-electron chi connectivity index (χ1n) is 7.25. The van der Waals surface area contributed by atoms with Gasteiger partial charge >= 0.3 is 0 Å². The summed E-state index contributed by atoms with van der Waals surface area (Å²) in [6, 6.07) is 15.6. The second kappa shape index (κ2) is 6.44. The molecule has 110 valence electrons. The minimum Gasteiger partial charge on any atom is -0.399 e. The van der Waals surface area contributed by atoms with E-state index in [1.807, 2.05) is 50.4 Å². The predicted octanol–water partition coefficient (Wildman–Crippen LogP) is 3.60. The number of benzene rings is 2. The minimum absolute atomic E-state index is 0.0600. The van der Waals surface area contributed by atoms with Gasteiger partial charge in [0.25, 0.3) is 0 Å². The zero-order chi connectivity index (χ0) is 15.4. The van der Waals surface area contributed by atoms with Crippen LogP contribution in [0.5, 0.6) is 0 Å². The number of carbonyl (C=O) groups is 1. The van der Waals surface area contributed by atoms with Gasteiger partial charge in [-0.1, -0.05) is 31.2 Å². The Morgan fingerprint density at radius 1 is 1.19 bits per heavy atom. The van der Waals surface area contributed by atoms with Crippen molar-refractivity contribution >= 4 is 17.3 Å². The molecular formula is C18H22N2O. The third-order valence-corrected chi connectivity index (χ3v) is 3.84. The number of carbonyl (C=O) groups excluding carboxylic acids is 1. The van der Waals surface area contributed by atoms with E-state index in [0.717, 1.165) is 17.7 Å². The Morgan fingerprint density at radius 2 is 1.86 bits per heavy atom. The predicted molar refractivity (Wildman–Crippen MR) is 88.5 cm³/mol. The highest BCUT2D eigenvalue weighted by Crippen LogP contribution is 2.23. The highest BCUT2D eigenvalue weighted by atomic mass is 16.2. The standard InChI is InChI=1S/C18H22N2O/c1-4-14-8-10-17(11-9-14)20(3)18(21)13(2)15-6-5-7-16(19)12-15/h5-13H,4,19H2,1-3H3. The summed E-state index contributed by atoms with van der Waals surface area (Å²) < 4.78 is 0. The summed E-state index contributed by atoms with van der Waals surface area (Å²) in [5.74, 6) is -0.158. The largest absolute Gasteiger partial charge is 0.399 e. The van der Waals surface area contributed by atoms with Crippen molar-refractivity contribution in [2.24, 2.45) is 0 Å². The maximum Gasteiger partial charge on any atom is 0.233 e. The van der Waals surface area contributed by atoms with E-state index in [9.17, 15) is 4.79 Å². The van der Waals surface area contributed by atoms with Crippen molar-refractivity contribution in [1.82, 2.24) is 0 Å². The van der Waals surface area contributed by atoms with E-state index in [4.69, 9.17) is 5.73 Å². The second-order valence-corrected chi connectivity index (χ2v) is 5.31. The van der Waals surface area contributed by atoms with Gasteiger partial charge in [0, 0.05) is 18.4 Å². The fraction of sp³-hybridized carbons (Fsp3) is 0.278. The molecule has 21 heavy (non-hydrogen) atoms. The molecule has 2 N–H and O–H groups in total. The van der Waals surface area contributed by atoms with E-state index in [2.05, 4.69) is 19.1 Å². The van der Waals surface area contributed by atoms with Crippen LogP contribution in [-0.2, 0) is 11.2 Å². The molecule has 2 rings (SSSR count). The zero-order valence-corrected chi connectivity index (χ0v) is 12.8. The Morgan fingerprint density at radius 3 is 2.43 bits per heavy atom. The first-order valence-corrected chi connectivity index (χ1v) is 7.25. The molecule has 3 nitrogen and oxygen atoms in total. The lowest BCUT2D eigenvalue weighted by Gasteiger charge is -2.22. The molecule has 0 saturated carbocycles. The molecule has 0 aromatic heterocycles. The third-order valence-electron chi connectivity index (χ3n) is 3.84. The summed E-state index contributed by atoms with van der Waals surface area (Å²) in [5, 5.41) is 0. The summed E-state index contributed by atoms with van der Waals surface area (Å²) in [6.45, 7) is 4.03. The average Bonchev–Trinajstić information content (AvgIpc) is 2.53. The topological polar surface area (TPSA) is 46.3 Å². The molecule has 0 aliphatic carbocycles. The van der Waals surface area contributed by atoms with Crippen LogP contribution in [0.4, 0.5) is 11.4 Å². The Labute approximate surface area is 126 Å². The number of nitrogens with two attached hydrogens (primary N) is 1. The maximum absolute atomic E-state index is 12.6. The number of hydrogen-bond acceptors (Lipinski definition) is 2. The van der Waals surface area contributed by atoms with Crippen LogP contribution in [-0.4, -0.2) is 13.0 Å². The second-order valence-electron chi connectivity index (χ2n) is 5.31. The van der Waals surface area contributed by atoms with E-state index in [1.54, 1.807) is 4.90 Å². The molecule has 3 heteroatoms. The Hall–Kier alpha value is -2.29. The van der Waals surface area contributed by atoms with E-state index < -0.39 is 0 Å². The molecule has 0 heterocycles. The maximum atomic E-state index is 12.6. The highest BCUT2D eigenvalue weighted by Gasteiger charge is 2.20. The first-order chi connectivity index (χ1) is 10.0. The van der Waals surface area contributed by atoms with Gasteiger partial charge in [-0.05, 0) is 48.7 Å². The van der Waals surface area contributed by atoms with E-state index >= 15 is 0 Å². The summed E-state index contributed by atoms with van der Waals surface area (Å²) in [5.41, 5.74) is 9.59. The third kappa shape index (κ3) is 3.43. The van der Waals surface area contributed by atoms with Gasteiger partial charge in [-0.15, -0.1) is 0 Å². The Balaban J connectivity index is 2.17. The number of hydrogen-bond donors (Lipinski definition) is 1. The molecule has 0 spiro atoms. The lowest BCUT2D eigenvalue weighted by molar-refractivity contribution is -0.119. The summed E-state index contributed by atoms with van der Waals surface area (Å²) >= 11 is 0. The van der Waals surface area contributed by atoms with Crippen molar-refractivity contribution in [3.05, 3.63) is 59.7 Å². The Bertz CT molecular complexity index is 619. The van der Waals surface area contributed by atoms with Crippen LogP contribution in [0.1, 0.15) is 30.9 Å². The summed E-state index contributed by atoms with van der Waals surface area (Å²) in [4.78, 5) is 14.3. The fourth-order valence-electron chi connectivity index (χ4n) is 2.34. The molecule has 0 fully saturated rings. The smallest absolute Gasteiger partial charge is 0.233 e. The molecule has 2 aromatic rings. The van der Waals surface area contributed by atoms with Gasteiger partial charge in [-0.25, -0.2) is 0 Å². The van der Waals surface area contributed by atoms with Gasteiger partial charge < -0.3 is 10.6 Å². The molecular weight excluding hydrogens is 260 g/mol. The van der Waals surface area contributed by atoms with Crippen molar-refractivity contribution in [3.63, 3.8) is 0 Å². The lowest BCUT2D eigenvalue weighted by atomic mass is 9.99. The van der Waals surface area contributed by atoms with Gasteiger partial charge in [-0.3, -0.25) is 4.79 Å². The quantitative estimate of drug-likeness (QED) is 0.871. The normalized spacial score (nSPS) is 12.0. The monoisotopic (exact) mass is 282 g/mol. The van der Waals surface area contributed by atoms with Crippen molar-refractivity contribution in [1.29, 1.82) is 0 Å². The molecule has 1 atom stereocenters. The van der Waals surface area contributed by atoms with Crippen LogP contribution in [0.3, 0.4) is 0 Å². The summed E-state index contributed by atoms with van der Waals surface area (Å²) in [7, 11) is 1.81. The van der Waals surface area contributed by atoms with Crippen molar-refractivity contribution in [3.8, 4) is 0 Å². The molecule has 1 unspecified atom stereocenters. The van der Waals surface area contributed by atoms with Crippen LogP contribution in [0.15, 0.2) is 48.5 Å². The highest BCUT2D eigenvalue weighted by molar-refractivity contribution is 5.97. The average molecular weight is 282 g/mol. The van der Waals surface area contributed by atoms with Crippen LogP contribution >= 0.6 is 0 Å². The minimum atomic E-state index is -0.218. The Kier molecular flexibility index (Phi) is 4.63. The van der Waals surface area contributed by atoms with Crippen molar-refractivity contribution in [2.45, 2.75) is 26.2 Å². The first kappa shape index (κ1) is 15.1. The number of amides is 1. The molecule has 0 radical (unpaired) electrons. The van der Waals surface area contributed by atoms with E-state index in [0.29, 0.717) is 5.69 Å². The fourth-order valence-corrected chi connectivity index (χ4v) is 2.34. The van der Waals surface area contributed by atoms with Crippen molar-refractivity contribution < 1.29 is 4.79 Å². The van der Waals surface area contributed by atoms with Gasteiger partial charge in [-0.2, -0.15) is 0 Å².